The van der Waals surface area contributed by atoms with Gasteiger partial charge in [-0.3, -0.25) is 0 Å². The summed E-state index contributed by atoms with van der Waals surface area (Å²) in [6, 6.07) is 0.126. The van der Waals surface area contributed by atoms with Gasteiger partial charge in [0.1, 0.15) is 0 Å². The Morgan fingerprint density at radius 1 is 1.38 bits per heavy atom. The third-order valence-electron chi connectivity index (χ3n) is 3.39. The predicted octanol–water partition coefficient (Wildman–Crippen LogP) is 1.35. The molecule has 1 saturated heterocycles. The molecule has 2 unspecified atom stereocenters. The van der Waals surface area contributed by atoms with Crippen LogP contribution in [-0.4, -0.2) is 42.3 Å². The number of hydrogen-bond acceptors (Lipinski definition) is 3. The van der Waals surface area contributed by atoms with Crippen LogP contribution in [0.5, 0.6) is 0 Å². The van der Waals surface area contributed by atoms with Crippen molar-refractivity contribution in [2.45, 2.75) is 57.2 Å². The van der Waals surface area contributed by atoms with Crippen LogP contribution in [0, 0.1) is 0 Å². The maximum atomic E-state index is 12.2. The highest BCUT2D eigenvalue weighted by molar-refractivity contribution is 7.89. The van der Waals surface area contributed by atoms with Crippen LogP contribution in [0.15, 0.2) is 0 Å². The van der Waals surface area contributed by atoms with Gasteiger partial charge in [0.15, 0.2) is 0 Å². The molecule has 1 heterocycles. The topological polar surface area (TPSA) is 57.6 Å². The summed E-state index contributed by atoms with van der Waals surface area (Å²) in [4.78, 5) is 0. The Hall–Kier alpha value is -0.130. The first kappa shape index (κ1) is 13.9. The van der Waals surface area contributed by atoms with Gasteiger partial charge >= 0.3 is 0 Å². The second kappa shape index (κ2) is 5.98. The molecular formula is C11H23NO3S. The fourth-order valence-corrected chi connectivity index (χ4v) is 3.92. The molecular weight excluding hydrogens is 226 g/mol. The van der Waals surface area contributed by atoms with E-state index in [9.17, 15) is 8.42 Å². The molecule has 1 aliphatic heterocycles. The Morgan fingerprint density at radius 2 is 2.06 bits per heavy atom. The van der Waals surface area contributed by atoms with E-state index in [1.165, 1.54) is 0 Å². The number of aliphatic hydroxyl groups is 1. The normalized spacial score (nSPS) is 26.3. The summed E-state index contributed by atoms with van der Waals surface area (Å²) in [5.74, 6) is 0. The fourth-order valence-electron chi connectivity index (χ4n) is 2.22. The van der Waals surface area contributed by atoms with Gasteiger partial charge in [0.2, 0.25) is 10.0 Å². The van der Waals surface area contributed by atoms with Crippen LogP contribution in [0.25, 0.3) is 0 Å². The molecule has 96 valence electrons. The Bertz CT molecular complexity index is 302. The lowest BCUT2D eigenvalue weighted by Crippen LogP contribution is -2.44. The monoisotopic (exact) mass is 249 g/mol. The van der Waals surface area contributed by atoms with Crippen LogP contribution in [-0.2, 0) is 10.0 Å². The van der Waals surface area contributed by atoms with E-state index in [1.807, 2.05) is 6.92 Å². The van der Waals surface area contributed by atoms with Crippen molar-refractivity contribution in [1.82, 2.24) is 4.31 Å². The van der Waals surface area contributed by atoms with Crippen molar-refractivity contribution in [3.63, 3.8) is 0 Å². The van der Waals surface area contributed by atoms with Crippen molar-refractivity contribution >= 4 is 10.0 Å². The zero-order chi connectivity index (χ0) is 12.2. The number of aliphatic hydroxyl groups excluding tert-OH is 1. The van der Waals surface area contributed by atoms with Crippen molar-refractivity contribution in [2.24, 2.45) is 0 Å². The van der Waals surface area contributed by atoms with E-state index in [4.69, 9.17) is 5.11 Å². The van der Waals surface area contributed by atoms with E-state index in [0.717, 1.165) is 32.1 Å². The number of sulfonamides is 1. The molecule has 5 heteroatoms. The van der Waals surface area contributed by atoms with E-state index in [2.05, 4.69) is 0 Å². The van der Waals surface area contributed by atoms with Crippen molar-refractivity contribution in [1.29, 1.82) is 0 Å². The number of hydrogen-bond donors (Lipinski definition) is 1. The second-order valence-electron chi connectivity index (χ2n) is 4.56. The number of nitrogens with zero attached hydrogens (tertiary/aromatic N) is 1. The first-order chi connectivity index (χ1) is 7.54. The minimum Gasteiger partial charge on any atom is -0.395 e. The smallest absolute Gasteiger partial charge is 0.219 e. The summed E-state index contributed by atoms with van der Waals surface area (Å²) in [6.07, 6.45) is 4.97. The Balaban J connectivity index is 2.89. The van der Waals surface area contributed by atoms with Crippen LogP contribution in [0.2, 0.25) is 0 Å². The molecule has 0 amide bonds. The Labute approximate surface area is 98.7 Å². The van der Waals surface area contributed by atoms with Crippen molar-refractivity contribution in [3.05, 3.63) is 0 Å². The molecule has 0 aromatic carbocycles. The van der Waals surface area contributed by atoms with Crippen molar-refractivity contribution < 1.29 is 13.5 Å². The standard InChI is InChI=1S/C11H23NO3S/c1-3-11-7-5-4-6-8-12(11)16(14,15)10(2)9-13/h10-11,13H,3-9H2,1-2H3. The lowest BCUT2D eigenvalue weighted by molar-refractivity contribution is 0.275. The first-order valence-electron chi connectivity index (χ1n) is 6.15. The van der Waals surface area contributed by atoms with Gasteiger partial charge in [0, 0.05) is 12.6 Å². The predicted molar refractivity (Wildman–Crippen MR) is 64.7 cm³/mol. The molecule has 1 N–H and O–H groups in total. The fraction of sp³-hybridized carbons (Fsp3) is 1.00. The lowest BCUT2D eigenvalue weighted by Gasteiger charge is -2.30. The minimum absolute atomic E-state index is 0.126. The third-order valence-corrected chi connectivity index (χ3v) is 5.69. The molecule has 2 atom stereocenters. The maximum absolute atomic E-state index is 12.2. The van der Waals surface area contributed by atoms with Gasteiger partial charge in [0.25, 0.3) is 0 Å². The molecule has 1 aliphatic rings. The van der Waals surface area contributed by atoms with Gasteiger partial charge in [-0.1, -0.05) is 19.8 Å². The van der Waals surface area contributed by atoms with E-state index in [1.54, 1.807) is 11.2 Å². The highest BCUT2D eigenvalue weighted by atomic mass is 32.2. The largest absolute Gasteiger partial charge is 0.395 e. The maximum Gasteiger partial charge on any atom is 0.219 e. The molecule has 0 aromatic rings. The molecule has 0 saturated carbocycles. The summed E-state index contributed by atoms with van der Waals surface area (Å²) in [5.41, 5.74) is 0. The molecule has 0 radical (unpaired) electrons. The van der Waals surface area contributed by atoms with Crippen LogP contribution in [0.1, 0.15) is 46.0 Å². The van der Waals surface area contributed by atoms with Gasteiger partial charge in [-0.15, -0.1) is 0 Å². The summed E-state index contributed by atoms with van der Waals surface area (Å²) >= 11 is 0. The summed E-state index contributed by atoms with van der Waals surface area (Å²) in [7, 11) is -3.31. The third kappa shape index (κ3) is 2.96. The zero-order valence-corrected chi connectivity index (χ0v) is 11.0. The molecule has 0 aromatic heterocycles. The lowest BCUT2D eigenvalue weighted by atomic mass is 10.1. The van der Waals surface area contributed by atoms with Crippen LogP contribution in [0.4, 0.5) is 0 Å². The number of rotatable bonds is 4. The minimum atomic E-state index is -3.31. The van der Waals surface area contributed by atoms with Crippen LogP contribution >= 0.6 is 0 Å². The summed E-state index contributed by atoms with van der Waals surface area (Å²) < 4.78 is 26.0. The summed E-state index contributed by atoms with van der Waals surface area (Å²) in [5, 5.41) is 8.34. The molecule has 1 fully saturated rings. The SMILES string of the molecule is CCC1CCCCCN1S(=O)(=O)C(C)CO. The van der Waals surface area contributed by atoms with E-state index in [0.29, 0.717) is 6.54 Å². The van der Waals surface area contributed by atoms with E-state index < -0.39 is 15.3 Å². The van der Waals surface area contributed by atoms with Gasteiger partial charge < -0.3 is 5.11 Å². The first-order valence-corrected chi connectivity index (χ1v) is 7.65. The van der Waals surface area contributed by atoms with Crippen molar-refractivity contribution in [2.75, 3.05) is 13.2 Å². The van der Waals surface area contributed by atoms with Gasteiger partial charge in [-0.05, 0) is 26.2 Å². The molecule has 0 spiro atoms. The van der Waals surface area contributed by atoms with Gasteiger partial charge in [-0.2, -0.15) is 4.31 Å². The highest BCUT2D eigenvalue weighted by Gasteiger charge is 2.33. The van der Waals surface area contributed by atoms with Crippen LogP contribution in [0.3, 0.4) is 0 Å². The molecule has 1 rings (SSSR count). The average Bonchev–Trinajstić information content (AvgIpc) is 2.52. The highest BCUT2D eigenvalue weighted by Crippen LogP contribution is 2.24. The second-order valence-corrected chi connectivity index (χ2v) is 6.86. The molecule has 16 heavy (non-hydrogen) atoms. The Morgan fingerprint density at radius 3 is 2.62 bits per heavy atom. The van der Waals surface area contributed by atoms with Gasteiger partial charge in [0.05, 0.1) is 11.9 Å². The molecule has 0 aliphatic carbocycles. The van der Waals surface area contributed by atoms with E-state index >= 15 is 0 Å². The van der Waals surface area contributed by atoms with Crippen molar-refractivity contribution in [3.8, 4) is 0 Å². The Kier molecular flexibility index (Phi) is 5.21. The van der Waals surface area contributed by atoms with E-state index in [-0.39, 0.29) is 12.6 Å². The molecule has 4 nitrogen and oxygen atoms in total. The van der Waals surface area contributed by atoms with Crippen LogP contribution < -0.4 is 0 Å². The van der Waals surface area contributed by atoms with Gasteiger partial charge in [-0.25, -0.2) is 8.42 Å². The molecule has 0 bridgehead atoms. The quantitative estimate of drug-likeness (QED) is 0.818. The average molecular weight is 249 g/mol. The zero-order valence-electron chi connectivity index (χ0n) is 10.2. The summed E-state index contributed by atoms with van der Waals surface area (Å²) in [6.45, 7) is 3.93.